The smallest absolute Gasteiger partial charge is 0.253 e. The number of phenols is 1. The monoisotopic (exact) mass is 248 g/mol. The van der Waals surface area contributed by atoms with Crippen molar-refractivity contribution in [3.05, 3.63) is 29.8 Å². The Morgan fingerprint density at radius 2 is 2.33 bits per heavy atom. The highest BCUT2D eigenvalue weighted by atomic mass is 16.3. The number of carbonyl (C=O) groups is 1. The second kappa shape index (κ2) is 5.87. The predicted molar refractivity (Wildman–Crippen MR) is 70.7 cm³/mol. The molecule has 1 heterocycles. The van der Waals surface area contributed by atoms with Gasteiger partial charge in [-0.2, -0.15) is 0 Å². The third kappa shape index (κ3) is 3.23. The van der Waals surface area contributed by atoms with E-state index >= 15 is 0 Å². The third-order valence-corrected chi connectivity index (χ3v) is 3.35. The highest BCUT2D eigenvalue weighted by molar-refractivity contribution is 5.94. The summed E-state index contributed by atoms with van der Waals surface area (Å²) in [7, 11) is 1.81. The maximum atomic E-state index is 12.2. The van der Waals surface area contributed by atoms with Gasteiger partial charge in [-0.15, -0.1) is 0 Å². The summed E-state index contributed by atoms with van der Waals surface area (Å²) >= 11 is 0. The van der Waals surface area contributed by atoms with Crippen LogP contribution in [-0.4, -0.2) is 42.1 Å². The van der Waals surface area contributed by atoms with E-state index in [1.165, 1.54) is 18.9 Å². The van der Waals surface area contributed by atoms with E-state index in [-0.39, 0.29) is 11.7 Å². The number of rotatable bonds is 3. The molecule has 0 spiro atoms. The first-order chi connectivity index (χ1) is 8.66. The van der Waals surface area contributed by atoms with Crippen LogP contribution in [-0.2, 0) is 0 Å². The Bertz CT molecular complexity index is 414. The summed E-state index contributed by atoms with van der Waals surface area (Å²) < 4.78 is 0. The van der Waals surface area contributed by atoms with Gasteiger partial charge in [-0.3, -0.25) is 4.79 Å². The van der Waals surface area contributed by atoms with E-state index in [2.05, 4.69) is 5.32 Å². The van der Waals surface area contributed by atoms with E-state index in [1.807, 2.05) is 7.05 Å². The van der Waals surface area contributed by atoms with Crippen LogP contribution in [0.4, 0.5) is 0 Å². The van der Waals surface area contributed by atoms with Gasteiger partial charge in [-0.1, -0.05) is 12.5 Å². The first-order valence-electron chi connectivity index (χ1n) is 6.44. The minimum Gasteiger partial charge on any atom is -0.508 e. The van der Waals surface area contributed by atoms with Crippen molar-refractivity contribution in [1.82, 2.24) is 10.2 Å². The summed E-state index contributed by atoms with van der Waals surface area (Å²) in [5.41, 5.74) is 0.535. The first-order valence-corrected chi connectivity index (χ1v) is 6.44. The number of phenolic OH excluding ortho intramolecular Hbond substituents is 1. The van der Waals surface area contributed by atoms with Crippen molar-refractivity contribution in [2.45, 2.75) is 25.3 Å². The first kappa shape index (κ1) is 12.9. The molecule has 1 aliphatic heterocycles. The molecular formula is C14H20N2O2. The van der Waals surface area contributed by atoms with Gasteiger partial charge in [-0.25, -0.2) is 0 Å². The molecule has 0 aromatic heterocycles. The zero-order chi connectivity index (χ0) is 13.0. The Kier molecular flexibility index (Phi) is 4.20. The number of amides is 1. The molecule has 2 rings (SSSR count). The molecule has 1 aliphatic rings. The Morgan fingerprint density at radius 3 is 3.00 bits per heavy atom. The van der Waals surface area contributed by atoms with E-state index in [0.717, 1.165) is 13.0 Å². The van der Waals surface area contributed by atoms with Crippen LogP contribution in [0.15, 0.2) is 24.3 Å². The molecule has 1 fully saturated rings. The number of hydrogen-bond donors (Lipinski definition) is 2. The number of nitrogens with one attached hydrogen (secondary N) is 1. The zero-order valence-electron chi connectivity index (χ0n) is 10.7. The zero-order valence-corrected chi connectivity index (χ0v) is 10.7. The Hall–Kier alpha value is -1.55. The lowest BCUT2D eigenvalue weighted by Gasteiger charge is -2.28. The van der Waals surface area contributed by atoms with Crippen LogP contribution in [0, 0.1) is 0 Å². The number of piperidine rings is 1. The van der Waals surface area contributed by atoms with Gasteiger partial charge in [0.15, 0.2) is 0 Å². The van der Waals surface area contributed by atoms with E-state index < -0.39 is 0 Å². The number of carbonyl (C=O) groups excluding carboxylic acids is 1. The van der Waals surface area contributed by atoms with Gasteiger partial charge >= 0.3 is 0 Å². The van der Waals surface area contributed by atoms with E-state index in [0.29, 0.717) is 18.2 Å². The highest BCUT2D eigenvalue weighted by Gasteiger charge is 2.18. The van der Waals surface area contributed by atoms with Crippen LogP contribution in [0.1, 0.15) is 29.6 Å². The van der Waals surface area contributed by atoms with Crippen molar-refractivity contribution < 1.29 is 9.90 Å². The van der Waals surface area contributed by atoms with Gasteiger partial charge in [0.25, 0.3) is 5.91 Å². The highest BCUT2D eigenvalue weighted by Crippen LogP contribution is 2.14. The molecule has 1 aromatic carbocycles. The summed E-state index contributed by atoms with van der Waals surface area (Å²) in [4.78, 5) is 13.9. The summed E-state index contributed by atoms with van der Waals surface area (Å²) in [5, 5.41) is 12.8. The molecule has 1 atom stereocenters. The molecule has 4 nitrogen and oxygen atoms in total. The van der Waals surface area contributed by atoms with E-state index in [9.17, 15) is 9.90 Å². The fourth-order valence-electron chi connectivity index (χ4n) is 2.35. The van der Waals surface area contributed by atoms with Crippen molar-refractivity contribution >= 4 is 5.91 Å². The van der Waals surface area contributed by atoms with Crippen LogP contribution in [0.3, 0.4) is 0 Å². The second-order valence-corrected chi connectivity index (χ2v) is 4.88. The van der Waals surface area contributed by atoms with E-state index in [1.54, 1.807) is 23.1 Å². The van der Waals surface area contributed by atoms with Crippen molar-refractivity contribution in [3.8, 4) is 5.75 Å². The largest absolute Gasteiger partial charge is 0.508 e. The molecule has 0 bridgehead atoms. The van der Waals surface area contributed by atoms with Gasteiger partial charge in [0.05, 0.1) is 0 Å². The number of aromatic hydroxyl groups is 1. The van der Waals surface area contributed by atoms with Crippen molar-refractivity contribution in [3.63, 3.8) is 0 Å². The molecule has 1 aromatic rings. The predicted octanol–water partition coefficient (Wildman–Crippen LogP) is 1.61. The number of nitrogens with zero attached hydrogens (tertiary/aromatic N) is 1. The Balaban J connectivity index is 1.95. The van der Waals surface area contributed by atoms with Crippen molar-refractivity contribution in [1.29, 1.82) is 0 Å². The van der Waals surface area contributed by atoms with Crippen LogP contribution >= 0.6 is 0 Å². The van der Waals surface area contributed by atoms with Crippen molar-refractivity contribution in [2.75, 3.05) is 20.1 Å². The molecule has 1 saturated heterocycles. The molecule has 0 aliphatic carbocycles. The number of likely N-dealkylation sites (N-methyl/N-ethyl adjacent to an activating group) is 1. The molecule has 0 saturated carbocycles. The lowest BCUT2D eigenvalue weighted by molar-refractivity contribution is 0.0775. The quantitative estimate of drug-likeness (QED) is 0.854. The minimum absolute atomic E-state index is 0.0433. The van der Waals surface area contributed by atoms with Crippen molar-refractivity contribution in [2.24, 2.45) is 0 Å². The third-order valence-electron chi connectivity index (χ3n) is 3.35. The minimum atomic E-state index is -0.0433. The van der Waals surface area contributed by atoms with Gasteiger partial charge in [0.1, 0.15) is 5.75 Å². The van der Waals surface area contributed by atoms with E-state index in [4.69, 9.17) is 0 Å². The van der Waals surface area contributed by atoms with Crippen LogP contribution in [0.25, 0.3) is 0 Å². The number of hydrogen-bond acceptors (Lipinski definition) is 3. The maximum absolute atomic E-state index is 12.2. The molecule has 0 radical (unpaired) electrons. The molecule has 4 heteroatoms. The van der Waals surface area contributed by atoms with Crippen LogP contribution in [0.5, 0.6) is 5.75 Å². The van der Waals surface area contributed by atoms with Gasteiger partial charge < -0.3 is 15.3 Å². The summed E-state index contributed by atoms with van der Waals surface area (Å²) in [6.07, 6.45) is 3.57. The SMILES string of the molecule is CN(CC1CCCCN1)C(=O)c1cccc(O)c1. The van der Waals surface area contributed by atoms with Gasteiger partial charge in [0, 0.05) is 25.2 Å². The maximum Gasteiger partial charge on any atom is 0.253 e. The molecule has 1 amide bonds. The molecule has 18 heavy (non-hydrogen) atoms. The van der Waals surface area contributed by atoms with Gasteiger partial charge in [-0.05, 0) is 37.6 Å². The van der Waals surface area contributed by atoms with Crippen LogP contribution in [0.2, 0.25) is 0 Å². The van der Waals surface area contributed by atoms with Gasteiger partial charge in [0.2, 0.25) is 0 Å². The fourth-order valence-corrected chi connectivity index (χ4v) is 2.35. The van der Waals surface area contributed by atoms with Crippen LogP contribution < -0.4 is 5.32 Å². The average molecular weight is 248 g/mol. The molecular weight excluding hydrogens is 228 g/mol. The standard InChI is InChI=1S/C14H20N2O2/c1-16(10-12-6-2-3-8-15-12)14(18)11-5-4-7-13(17)9-11/h4-5,7,9,12,15,17H,2-3,6,8,10H2,1H3. The Morgan fingerprint density at radius 1 is 1.50 bits per heavy atom. The summed E-state index contributed by atoms with van der Waals surface area (Å²) in [6.45, 7) is 1.76. The number of benzene rings is 1. The lowest BCUT2D eigenvalue weighted by atomic mass is 10.0. The second-order valence-electron chi connectivity index (χ2n) is 4.88. The molecule has 2 N–H and O–H groups in total. The average Bonchev–Trinajstić information content (AvgIpc) is 2.39. The summed E-state index contributed by atoms with van der Waals surface area (Å²) in [5.74, 6) is 0.0864. The molecule has 1 unspecified atom stereocenters. The summed E-state index contributed by atoms with van der Waals surface area (Å²) in [6, 6.07) is 6.89. The normalized spacial score (nSPS) is 19.5. The lowest BCUT2D eigenvalue weighted by Crippen LogP contribution is -2.44. The Labute approximate surface area is 108 Å². The topological polar surface area (TPSA) is 52.6 Å². The fraction of sp³-hybridized carbons (Fsp3) is 0.500. The molecule has 98 valence electrons.